The van der Waals surface area contributed by atoms with Crippen molar-refractivity contribution in [3.8, 4) is 5.75 Å². The zero-order chi connectivity index (χ0) is 15.1. The van der Waals surface area contributed by atoms with Crippen LogP contribution in [0.15, 0.2) is 24.3 Å². The second-order valence-electron chi connectivity index (χ2n) is 5.49. The number of nitrogens with one attached hydrogen (secondary N) is 1. The fourth-order valence-corrected chi connectivity index (χ4v) is 2.77. The molecule has 2 rings (SSSR count). The summed E-state index contributed by atoms with van der Waals surface area (Å²) >= 11 is 0. The summed E-state index contributed by atoms with van der Waals surface area (Å²) in [5.74, 6) is 1.56. The Morgan fingerprint density at radius 3 is 2.48 bits per heavy atom. The van der Waals surface area contributed by atoms with E-state index in [1.807, 2.05) is 43.0 Å². The highest BCUT2D eigenvalue weighted by atomic mass is 16.5. The van der Waals surface area contributed by atoms with Crippen molar-refractivity contribution in [3.05, 3.63) is 29.8 Å². The van der Waals surface area contributed by atoms with Gasteiger partial charge in [0.25, 0.3) is 5.91 Å². The summed E-state index contributed by atoms with van der Waals surface area (Å²) in [6.07, 6.45) is 2.32. The molecule has 0 bridgehead atoms. The summed E-state index contributed by atoms with van der Waals surface area (Å²) in [7, 11) is 0. The van der Waals surface area contributed by atoms with Crippen LogP contribution in [0.5, 0.6) is 5.75 Å². The first-order valence-corrected chi connectivity index (χ1v) is 7.97. The van der Waals surface area contributed by atoms with E-state index >= 15 is 0 Å². The second-order valence-corrected chi connectivity index (χ2v) is 5.49. The van der Waals surface area contributed by atoms with E-state index in [0.717, 1.165) is 50.3 Å². The molecule has 0 saturated carbocycles. The lowest BCUT2D eigenvalue weighted by molar-refractivity contribution is 0.0727. The molecule has 0 spiro atoms. The third kappa shape index (κ3) is 4.46. The van der Waals surface area contributed by atoms with E-state index in [9.17, 15) is 4.79 Å². The fourth-order valence-electron chi connectivity index (χ4n) is 2.77. The van der Waals surface area contributed by atoms with E-state index in [1.54, 1.807) is 0 Å². The van der Waals surface area contributed by atoms with Crippen molar-refractivity contribution in [1.82, 2.24) is 10.2 Å². The number of amides is 1. The predicted octanol–water partition coefficient (Wildman–Crippen LogP) is 2.55. The molecule has 0 atom stereocenters. The third-order valence-electron chi connectivity index (χ3n) is 4.02. The molecule has 0 unspecified atom stereocenters. The number of benzene rings is 1. The van der Waals surface area contributed by atoms with Gasteiger partial charge in [0, 0.05) is 18.7 Å². The molecule has 0 aromatic heterocycles. The van der Waals surface area contributed by atoms with Gasteiger partial charge in [-0.05, 0) is 70.0 Å². The monoisotopic (exact) mass is 290 g/mol. The predicted molar refractivity (Wildman–Crippen MR) is 84.8 cm³/mol. The molecule has 116 valence electrons. The van der Waals surface area contributed by atoms with Gasteiger partial charge in [-0.1, -0.05) is 0 Å². The molecule has 1 saturated heterocycles. The molecule has 1 amide bonds. The van der Waals surface area contributed by atoms with Crippen molar-refractivity contribution < 1.29 is 9.53 Å². The molecular formula is C17H26N2O2. The highest BCUT2D eigenvalue weighted by Gasteiger charge is 2.20. The first-order chi connectivity index (χ1) is 10.2. The summed E-state index contributed by atoms with van der Waals surface area (Å²) in [5, 5.41) is 3.37. The van der Waals surface area contributed by atoms with Gasteiger partial charge >= 0.3 is 0 Å². The highest BCUT2D eigenvalue weighted by Crippen LogP contribution is 2.17. The van der Waals surface area contributed by atoms with Crippen LogP contribution in [0.25, 0.3) is 0 Å². The molecule has 1 N–H and O–H groups in total. The summed E-state index contributed by atoms with van der Waals surface area (Å²) < 4.78 is 5.42. The van der Waals surface area contributed by atoms with Crippen LogP contribution in [-0.4, -0.2) is 43.6 Å². The summed E-state index contributed by atoms with van der Waals surface area (Å²) in [6.45, 7) is 8.41. The average Bonchev–Trinajstić information content (AvgIpc) is 2.54. The van der Waals surface area contributed by atoms with Gasteiger partial charge in [-0.3, -0.25) is 4.79 Å². The number of nitrogens with zero attached hydrogens (tertiary/aromatic N) is 1. The maximum absolute atomic E-state index is 12.6. The summed E-state index contributed by atoms with van der Waals surface area (Å²) in [5.41, 5.74) is 0.745. The van der Waals surface area contributed by atoms with Crippen LogP contribution in [0.4, 0.5) is 0 Å². The number of hydrogen-bond acceptors (Lipinski definition) is 3. The lowest BCUT2D eigenvalue weighted by Crippen LogP contribution is -2.39. The first-order valence-electron chi connectivity index (χ1n) is 7.97. The van der Waals surface area contributed by atoms with Gasteiger partial charge in [-0.25, -0.2) is 0 Å². The topological polar surface area (TPSA) is 41.6 Å². The van der Waals surface area contributed by atoms with E-state index < -0.39 is 0 Å². The summed E-state index contributed by atoms with van der Waals surface area (Å²) in [4.78, 5) is 14.6. The quantitative estimate of drug-likeness (QED) is 0.875. The Labute approximate surface area is 127 Å². The minimum absolute atomic E-state index is 0.124. The molecule has 1 heterocycles. The van der Waals surface area contributed by atoms with Crippen molar-refractivity contribution >= 4 is 5.91 Å². The molecule has 1 aromatic rings. The van der Waals surface area contributed by atoms with E-state index in [4.69, 9.17) is 4.74 Å². The van der Waals surface area contributed by atoms with Gasteiger partial charge in [-0.2, -0.15) is 0 Å². The number of ether oxygens (including phenoxy) is 1. The molecule has 0 radical (unpaired) electrons. The van der Waals surface area contributed by atoms with Crippen molar-refractivity contribution in [2.24, 2.45) is 5.92 Å². The average molecular weight is 290 g/mol. The Balaban J connectivity index is 1.97. The maximum atomic E-state index is 12.6. The Morgan fingerprint density at radius 2 is 1.90 bits per heavy atom. The lowest BCUT2D eigenvalue weighted by atomic mass is 9.97. The van der Waals surface area contributed by atoms with Crippen LogP contribution in [0, 0.1) is 5.92 Å². The molecule has 1 aliphatic rings. The molecule has 0 aliphatic carbocycles. The number of hydrogen-bond donors (Lipinski definition) is 1. The third-order valence-corrected chi connectivity index (χ3v) is 4.02. The molecule has 1 fully saturated rings. The summed E-state index contributed by atoms with van der Waals surface area (Å²) in [6, 6.07) is 7.46. The van der Waals surface area contributed by atoms with Gasteiger partial charge in [0.05, 0.1) is 6.61 Å². The molecule has 4 nitrogen and oxygen atoms in total. The number of piperidine rings is 1. The maximum Gasteiger partial charge on any atom is 0.253 e. The van der Waals surface area contributed by atoms with Crippen LogP contribution in [0.3, 0.4) is 0 Å². The zero-order valence-corrected chi connectivity index (χ0v) is 13.1. The molecule has 4 heteroatoms. The number of rotatable bonds is 6. The Kier molecular flexibility index (Phi) is 6.05. The van der Waals surface area contributed by atoms with Crippen LogP contribution >= 0.6 is 0 Å². The zero-order valence-electron chi connectivity index (χ0n) is 13.1. The largest absolute Gasteiger partial charge is 0.494 e. The number of carbonyl (C=O) groups excluding carboxylic acids is 1. The molecule has 21 heavy (non-hydrogen) atoms. The lowest BCUT2D eigenvalue weighted by Gasteiger charge is -2.29. The SMILES string of the molecule is CCOc1ccc(C(=O)N(CC)CC2CCNCC2)cc1. The normalized spacial score (nSPS) is 15.7. The van der Waals surface area contributed by atoms with Crippen LogP contribution < -0.4 is 10.1 Å². The minimum atomic E-state index is 0.124. The van der Waals surface area contributed by atoms with Crippen LogP contribution in [0.1, 0.15) is 37.0 Å². The van der Waals surface area contributed by atoms with Crippen LogP contribution in [0.2, 0.25) is 0 Å². The van der Waals surface area contributed by atoms with Crippen LogP contribution in [-0.2, 0) is 0 Å². The van der Waals surface area contributed by atoms with Gasteiger partial charge in [0.2, 0.25) is 0 Å². The minimum Gasteiger partial charge on any atom is -0.494 e. The smallest absolute Gasteiger partial charge is 0.253 e. The van der Waals surface area contributed by atoms with Crippen molar-refractivity contribution in [2.75, 3.05) is 32.8 Å². The number of carbonyl (C=O) groups is 1. The fraction of sp³-hybridized carbons (Fsp3) is 0.588. The van der Waals surface area contributed by atoms with Crippen molar-refractivity contribution in [3.63, 3.8) is 0 Å². The highest BCUT2D eigenvalue weighted by molar-refractivity contribution is 5.94. The van der Waals surface area contributed by atoms with Crippen molar-refractivity contribution in [2.45, 2.75) is 26.7 Å². The molecule has 1 aliphatic heterocycles. The van der Waals surface area contributed by atoms with E-state index in [-0.39, 0.29) is 5.91 Å². The second kappa shape index (κ2) is 8.03. The molecular weight excluding hydrogens is 264 g/mol. The Hall–Kier alpha value is -1.55. The molecule has 1 aromatic carbocycles. The van der Waals surface area contributed by atoms with Gasteiger partial charge in [0.1, 0.15) is 5.75 Å². The Morgan fingerprint density at radius 1 is 1.24 bits per heavy atom. The standard InChI is InChI=1S/C17H26N2O2/c1-3-19(13-14-9-11-18-12-10-14)17(20)15-5-7-16(8-6-15)21-4-2/h5-8,14,18H,3-4,9-13H2,1-2H3. The van der Waals surface area contributed by atoms with Gasteiger partial charge < -0.3 is 15.0 Å². The van der Waals surface area contributed by atoms with E-state index in [0.29, 0.717) is 12.5 Å². The Bertz CT molecular complexity index is 439. The van der Waals surface area contributed by atoms with Gasteiger partial charge in [-0.15, -0.1) is 0 Å². The van der Waals surface area contributed by atoms with E-state index in [1.165, 1.54) is 0 Å². The first kappa shape index (κ1) is 15.8. The van der Waals surface area contributed by atoms with Crippen molar-refractivity contribution in [1.29, 1.82) is 0 Å². The van der Waals surface area contributed by atoms with Gasteiger partial charge in [0.15, 0.2) is 0 Å². The van der Waals surface area contributed by atoms with E-state index in [2.05, 4.69) is 5.32 Å².